The maximum absolute atomic E-state index is 13.5. The third-order valence-corrected chi connectivity index (χ3v) is 11.5. The van der Waals surface area contributed by atoms with Crippen LogP contribution in [0, 0.1) is 0 Å². The van der Waals surface area contributed by atoms with Crippen LogP contribution < -0.4 is 23.7 Å². The number of hydrogen-bond donors (Lipinski definition) is 0. The highest BCUT2D eigenvalue weighted by atomic mass is 16.6. The summed E-state index contributed by atoms with van der Waals surface area (Å²) in [6.45, 7) is 12.7. The largest absolute Gasteiger partial charge is 0.494 e. The molecule has 16 heteroatoms. The number of hydrogen-bond acceptors (Lipinski definition) is 16. The van der Waals surface area contributed by atoms with Crippen molar-refractivity contribution in [2.75, 3.05) is 52.9 Å². The molecule has 1 heterocycles. The molecule has 0 aliphatic rings. The molecule has 0 amide bonds. The summed E-state index contributed by atoms with van der Waals surface area (Å²) in [6, 6.07) is 32.8. The smallest absolute Gasteiger partial charge is 0.343 e. The van der Waals surface area contributed by atoms with Crippen LogP contribution in [0.1, 0.15) is 84.9 Å². The lowest BCUT2D eigenvalue weighted by atomic mass is 10.0. The predicted molar refractivity (Wildman–Crippen MR) is 290 cm³/mol. The maximum atomic E-state index is 13.5. The Labute approximate surface area is 448 Å². The molecule has 77 heavy (non-hydrogen) atoms. The first-order valence-corrected chi connectivity index (χ1v) is 25.6. The van der Waals surface area contributed by atoms with Crippen LogP contribution in [0.2, 0.25) is 0 Å². The van der Waals surface area contributed by atoms with Crippen molar-refractivity contribution >= 4 is 40.9 Å². The van der Waals surface area contributed by atoms with Gasteiger partial charge in [0, 0.05) is 35.4 Å². The number of rotatable bonds is 34. The van der Waals surface area contributed by atoms with Crippen LogP contribution in [0.4, 0.5) is 0 Å². The first-order chi connectivity index (χ1) is 37.6. The molecule has 0 unspecified atom stereocenters. The monoisotopic (exact) mass is 1050 g/mol. The molecule has 5 aromatic carbocycles. The molecule has 0 spiro atoms. The van der Waals surface area contributed by atoms with Crippen molar-refractivity contribution in [3.05, 3.63) is 164 Å². The molecule has 0 fully saturated rings. The van der Waals surface area contributed by atoms with Crippen molar-refractivity contribution in [2.24, 2.45) is 0 Å². The summed E-state index contributed by atoms with van der Waals surface area (Å²) in [7, 11) is 0. The highest BCUT2D eigenvalue weighted by Gasteiger charge is 2.18. The molecule has 16 nitrogen and oxygen atoms in total. The van der Waals surface area contributed by atoms with Gasteiger partial charge in [0.25, 0.3) is 0 Å². The molecule has 6 rings (SSSR count). The highest BCUT2D eigenvalue weighted by molar-refractivity contribution is 5.93. The Balaban J connectivity index is 1.10. The van der Waals surface area contributed by atoms with Crippen LogP contribution >= 0.6 is 0 Å². The quantitative estimate of drug-likeness (QED) is 0.0122. The van der Waals surface area contributed by atoms with Crippen LogP contribution in [-0.4, -0.2) is 92.7 Å². The number of ether oxygens (including phenoxy) is 9. The lowest BCUT2D eigenvalue weighted by Gasteiger charge is -2.14. The summed E-state index contributed by atoms with van der Waals surface area (Å²) < 4.78 is 50.0. The molecule has 0 bridgehead atoms. The lowest BCUT2D eigenvalue weighted by Crippen LogP contribution is -2.12. The third-order valence-electron chi connectivity index (χ3n) is 11.5. The van der Waals surface area contributed by atoms with Crippen LogP contribution in [0.5, 0.6) is 28.7 Å². The van der Waals surface area contributed by atoms with E-state index in [1.165, 1.54) is 6.08 Å². The van der Waals surface area contributed by atoms with E-state index in [0.29, 0.717) is 88.4 Å². The van der Waals surface area contributed by atoms with Gasteiger partial charge in [0.2, 0.25) is 0 Å². The standard InChI is InChI=1S/C61H64N2O14/c1-4-55(64)73-35-15-10-8-7-9-13-33-70-48-27-23-44(24-28-48)60(67)76-51-21-17-19-46(41-51)58-59(63-54-43-50(31-32-53(54)62-58)72-39-37-69-38-40-75-57(66)6-3)47-20-18-22-52(42-47)77-61(68)45-25-29-49(30-26-45)71-34-14-11-12-16-36-74-56(65)5-2/h4-6,17-32,41-43H,1-3,7-16,33-40H2. The van der Waals surface area contributed by atoms with Crippen LogP contribution in [0.15, 0.2) is 153 Å². The number of nitrogens with zero attached hydrogens (tertiary/aromatic N) is 2. The van der Waals surface area contributed by atoms with E-state index in [1.807, 2.05) is 12.1 Å². The van der Waals surface area contributed by atoms with Gasteiger partial charge in [0.05, 0.1) is 73.2 Å². The summed E-state index contributed by atoms with van der Waals surface area (Å²) in [5.41, 5.74) is 3.84. The van der Waals surface area contributed by atoms with Gasteiger partial charge in [-0.2, -0.15) is 0 Å². The molecule has 0 radical (unpaired) electrons. The SMILES string of the molecule is C=CC(=O)OCCCCCCCCOc1ccc(C(=O)Oc2cccc(-c3nc4ccc(OCCOCCOC(=O)C=C)cc4nc3-c3cccc(OC(=O)c4ccc(OCCCCCCOC(=O)C=C)cc4)c3)c2)cc1. The van der Waals surface area contributed by atoms with E-state index in [-0.39, 0.29) is 37.9 Å². The number of unbranched alkanes of at least 4 members (excludes halogenated alkanes) is 8. The van der Waals surface area contributed by atoms with Gasteiger partial charge >= 0.3 is 29.8 Å². The molecule has 0 N–H and O–H groups in total. The number of esters is 5. The number of benzene rings is 5. The number of carbonyl (C=O) groups is 5. The van der Waals surface area contributed by atoms with Gasteiger partial charge in [-0.05, 0) is 123 Å². The molecule has 1 aromatic heterocycles. The Morgan fingerprint density at radius 2 is 0.779 bits per heavy atom. The van der Waals surface area contributed by atoms with E-state index in [9.17, 15) is 24.0 Å². The van der Waals surface area contributed by atoms with E-state index >= 15 is 0 Å². The minimum absolute atomic E-state index is 0.0905. The zero-order chi connectivity index (χ0) is 54.5. The van der Waals surface area contributed by atoms with E-state index < -0.39 is 29.8 Å². The second-order valence-corrected chi connectivity index (χ2v) is 17.3. The fourth-order valence-electron chi connectivity index (χ4n) is 7.54. The van der Waals surface area contributed by atoms with Crippen molar-refractivity contribution in [3.63, 3.8) is 0 Å². The highest BCUT2D eigenvalue weighted by Crippen LogP contribution is 2.35. The molecule has 0 atom stereocenters. The molecule has 6 aromatic rings. The molecule has 402 valence electrons. The fraction of sp³-hybridized carbons (Fsp3) is 0.295. The number of carbonyl (C=O) groups excluding carboxylic acids is 5. The van der Waals surface area contributed by atoms with Crippen molar-refractivity contribution in [1.29, 1.82) is 0 Å². The minimum Gasteiger partial charge on any atom is -0.494 e. The van der Waals surface area contributed by atoms with E-state index in [2.05, 4.69) is 19.7 Å². The topological polar surface area (TPSA) is 194 Å². The zero-order valence-electron chi connectivity index (χ0n) is 43.2. The number of fused-ring (bicyclic) bond motifs is 1. The average molecular weight is 1050 g/mol. The Kier molecular flexibility index (Phi) is 23.9. The first-order valence-electron chi connectivity index (χ1n) is 25.6. The molecular weight excluding hydrogens is 985 g/mol. The van der Waals surface area contributed by atoms with Gasteiger partial charge in [-0.1, -0.05) is 69.7 Å². The van der Waals surface area contributed by atoms with Crippen molar-refractivity contribution in [3.8, 4) is 51.3 Å². The maximum Gasteiger partial charge on any atom is 0.343 e. The van der Waals surface area contributed by atoms with Crippen molar-refractivity contribution in [1.82, 2.24) is 9.97 Å². The fourth-order valence-corrected chi connectivity index (χ4v) is 7.54. The Bertz CT molecular complexity index is 2920. The predicted octanol–water partition coefficient (Wildman–Crippen LogP) is 11.6. The van der Waals surface area contributed by atoms with Gasteiger partial charge in [-0.25, -0.2) is 33.9 Å². The molecule has 0 saturated heterocycles. The Hall–Kier alpha value is -8.63. The molecule has 0 aliphatic carbocycles. The van der Waals surface area contributed by atoms with Gasteiger partial charge in [0.15, 0.2) is 0 Å². The van der Waals surface area contributed by atoms with Crippen LogP contribution in [-0.2, 0) is 33.3 Å². The molecule has 0 saturated carbocycles. The van der Waals surface area contributed by atoms with E-state index in [0.717, 1.165) is 76.4 Å². The second-order valence-electron chi connectivity index (χ2n) is 17.3. The Morgan fingerprint density at radius 3 is 1.26 bits per heavy atom. The average Bonchev–Trinajstić information content (AvgIpc) is 3.45. The summed E-state index contributed by atoms with van der Waals surface area (Å²) in [6.07, 6.45) is 12.6. The van der Waals surface area contributed by atoms with Gasteiger partial charge < -0.3 is 42.6 Å². The Morgan fingerprint density at radius 1 is 0.377 bits per heavy atom. The summed E-state index contributed by atoms with van der Waals surface area (Å²) in [4.78, 5) is 70.7. The third kappa shape index (κ3) is 19.9. The van der Waals surface area contributed by atoms with Crippen LogP contribution in [0.3, 0.4) is 0 Å². The molecular formula is C61H64N2O14. The number of aromatic nitrogens is 2. The van der Waals surface area contributed by atoms with Gasteiger partial charge in [0.1, 0.15) is 42.0 Å². The van der Waals surface area contributed by atoms with E-state index in [1.54, 1.807) is 103 Å². The summed E-state index contributed by atoms with van der Waals surface area (Å²) in [5, 5.41) is 0. The van der Waals surface area contributed by atoms with Crippen LogP contribution in [0.25, 0.3) is 33.5 Å². The molecule has 0 aliphatic heterocycles. The second kappa shape index (κ2) is 32.0. The summed E-state index contributed by atoms with van der Waals surface area (Å²) >= 11 is 0. The lowest BCUT2D eigenvalue weighted by molar-refractivity contribution is -0.139. The van der Waals surface area contributed by atoms with Gasteiger partial charge in [-0.3, -0.25) is 0 Å². The first kappa shape index (κ1) is 57.6. The van der Waals surface area contributed by atoms with Crippen molar-refractivity contribution in [2.45, 2.75) is 64.2 Å². The minimum atomic E-state index is -0.572. The zero-order valence-corrected chi connectivity index (χ0v) is 43.2. The normalized spacial score (nSPS) is 10.7. The van der Waals surface area contributed by atoms with E-state index in [4.69, 9.17) is 52.6 Å². The van der Waals surface area contributed by atoms with Crippen molar-refractivity contribution < 1.29 is 66.6 Å². The summed E-state index contributed by atoms with van der Waals surface area (Å²) in [5.74, 6) is -0.145. The van der Waals surface area contributed by atoms with Gasteiger partial charge in [-0.15, -0.1) is 0 Å².